The Labute approximate surface area is 135 Å². The number of nitrogens with zero attached hydrogens (tertiary/aromatic N) is 2. The summed E-state index contributed by atoms with van der Waals surface area (Å²) in [4.78, 5) is 20.8. The molecule has 0 fully saturated rings. The molecular weight excluding hydrogens is 300 g/mol. The van der Waals surface area contributed by atoms with Gasteiger partial charge >= 0.3 is 0 Å². The topological polar surface area (TPSA) is 66.9 Å². The number of aryl methyl sites for hydroxylation is 2. The van der Waals surface area contributed by atoms with Crippen LogP contribution in [0.25, 0.3) is 0 Å². The molecule has 0 radical (unpaired) electrons. The Kier molecular flexibility index (Phi) is 4.98. The van der Waals surface area contributed by atoms with Crippen molar-refractivity contribution in [3.63, 3.8) is 0 Å². The Morgan fingerprint density at radius 3 is 2.55 bits per heavy atom. The van der Waals surface area contributed by atoms with E-state index < -0.39 is 0 Å². The maximum atomic E-state index is 12.4. The number of halogens is 1. The first kappa shape index (κ1) is 16.2. The summed E-state index contributed by atoms with van der Waals surface area (Å²) in [5, 5.41) is 6.66. The lowest BCUT2D eigenvalue weighted by atomic mass is 10.2. The molecule has 116 valence electrons. The Hall–Kier alpha value is -2.14. The number of anilines is 2. The number of carbonyl (C=O) groups is 1. The fourth-order valence-electron chi connectivity index (χ4n) is 2.01. The van der Waals surface area contributed by atoms with Crippen molar-refractivity contribution in [1.29, 1.82) is 0 Å². The minimum absolute atomic E-state index is 0.226. The summed E-state index contributed by atoms with van der Waals surface area (Å²) in [6.45, 7) is 7.66. The van der Waals surface area contributed by atoms with E-state index in [0.717, 1.165) is 5.56 Å². The summed E-state index contributed by atoms with van der Waals surface area (Å²) in [7, 11) is 0. The van der Waals surface area contributed by atoms with E-state index in [1.807, 2.05) is 20.8 Å². The molecule has 0 aliphatic heterocycles. The minimum atomic E-state index is -0.275. The average molecular weight is 319 g/mol. The van der Waals surface area contributed by atoms with E-state index in [0.29, 0.717) is 28.0 Å². The lowest BCUT2D eigenvalue weighted by Crippen LogP contribution is -2.18. The fourth-order valence-corrected chi connectivity index (χ4v) is 2.23. The van der Waals surface area contributed by atoms with Crippen LogP contribution in [0.2, 0.25) is 5.02 Å². The van der Waals surface area contributed by atoms with Crippen LogP contribution < -0.4 is 10.6 Å². The minimum Gasteiger partial charge on any atom is -0.368 e. The molecule has 0 aliphatic carbocycles. The van der Waals surface area contributed by atoms with Gasteiger partial charge in [0.2, 0.25) is 0 Å². The maximum Gasteiger partial charge on any atom is 0.274 e. The number of hydrogen-bond donors (Lipinski definition) is 2. The van der Waals surface area contributed by atoms with E-state index in [4.69, 9.17) is 11.6 Å². The van der Waals surface area contributed by atoms with E-state index in [2.05, 4.69) is 20.6 Å². The predicted octanol–water partition coefficient (Wildman–Crippen LogP) is 3.82. The van der Waals surface area contributed by atoms with E-state index >= 15 is 0 Å². The number of nitrogens with one attached hydrogen (secondary N) is 2. The quantitative estimate of drug-likeness (QED) is 0.899. The summed E-state index contributed by atoms with van der Waals surface area (Å²) < 4.78 is 0. The molecule has 1 heterocycles. The molecule has 0 saturated heterocycles. The Morgan fingerprint density at radius 2 is 1.91 bits per heavy atom. The first-order valence-corrected chi connectivity index (χ1v) is 7.42. The summed E-state index contributed by atoms with van der Waals surface area (Å²) in [6, 6.07) is 7.18. The average Bonchev–Trinajstić information content (AvgIpc) is 2.40. The molecule has 0 spiro atoms. The van der Waals surface area contributed by atoms with Crippen molar-refractivity contribution in [2.45, 2.75) is 33.7 Å². The molecule has 1 aromatic heterocycles. The van der Waals surface area contributed by atoms with Crippen LogP contribution in [0.15, 0.2) is 24.3 Å². The first-order valence-electron chi connectivity index (χ1n) is 7.05. The molecule has 5 nitrogen and oxygen atoms in total. The number of amides is 1. The molecule has 2 N–H and O–H groups in total. The number of aromatic nitrogens is 2. The van der Waals surface area contributed by atoms with Crippen molar-refractivity contribution in [3.05, 3.63) is 46.4 Å². The second kappa shape index (κ2) is 6.75. The second-order valence-corrected chi connectivity index (χ2v) is 5.83. The van der Waals surface area contributed by atoms with Crippen LogP contribution >= 0.6 is 11.6 Å². The van der Waals surface area contributed by atoms with Gasteiger partial charge < -0.3 is 10.6 Å². The van der Waals surface area contributed by atoms with Crippen molar-refractivity contribution in [3.8, 4) is 0 Å². The number of carbonyl (C=O) groups excluding carboxylic acids is 1. The first-order chi connectivity index (χ1) is 10.3. The third-order valence-electron chi connectivity index (χ3n) is 2.94. The monoisotopic (exact) mass is 318 g/mol. The standard InChI is InChI=1S/C16H19ClN4O/c1-9(2)18-15-8-14(19-11(4)20-15)16(22)21-13-6-5-12(17)7-10(13)3/h5-9H,1-4H3,(H,21,22)(H,18,19,20). The van der Waals surface area contributed by atoms with Gasteiger partial charge in [0.15, 0.2) is 0 Å². The molecule has 0 atom stereocenters. The zero-order chi connectivity index (χ0) is 16.3. The van der Waals surface area contributed by atoms with Gasteiger partial charge in [-0.1, -0.05) is 11.6 Å². The van der Waals surface area contributed by atoms with Crippen molar-refractivity contribution in [2.75, 3.05) is 10.6 Å². The highest BCUT2D eigenvalue weighted by Crippen LogP contribution is 2.20. The van der Waals surface area contributed by atoms with Gasteiger partial charge in [-0.25, -0.2) is 9.97 Å². The normalized spacial score (nSPS) is 10.6. The van der Waals surface area contributed by atoms with E-state index in [9.17, 15) is 4.79 Å². The molecule has 2 rings (SSSR count). The molecular formula is C16H19ClN4O. The van der Waals surface area contributed by atoms with Crippen molar-refractivity contribution in [1.82, 2.24) is 9.97 Å². The zero-order valence-corrected chi connectivity index (χ0v) is 13.8. The SMILES string of the molecule is Cc1nc(NC(C)C)cc(C(=O)Nc2ccc(Cl)cc2C)n1. The molecule has 2 aromatic rings. The van der Waals surface area contributed by atoms with Crippen molar-refractivity contribution < 1.29 is 4.79 Å². The molecule has 1 amide bonds. The van der Waals surface area contributed by atoms with Gasteiger partial charge in [0.1, 0.15) is 17.3 Å². The fraction of sp³-hybridized carbons (Fsp3) is 0.312. The molecule has 0 unspecified atom stereocenters. The Balaban J connectivity index is 2.23. The zero-order valence-electron chi connectivity index (χ0n) is 13.1. The molecule has 0 saturated carbocycles. The summed E-state index contributed by atoms with van der Waals surface area (Å²) in [5.41, 5.74) is 1.93. The van der Waals surface area contributed by atoms with Crippen LogP contribution in [0.5, 0.6) is 0 Å². The highest BCUT2D eigenvalue weighted by atomic mass is 35.5. The van der Waals surface area contributed by atoms with Crippen LogP contribution in [0, 0.1) is 13.8 Å². The molecule has 22 heavy (non-hydrogen) atoms. The maximum absolute atomic E-state index is 12.4. The van der Waals surface area contributed by atoms with Crippen LogP contribution in [-0.4, -0.2) is 21.9 Å². The number of hydrogen-bond acceptors (Lipinski definition) is 4. The predicted molar refractivity (Wildman–Crippen MR) is 89.7 cm³/mol. The van der Waals surface area contributed by atoms with Crippen LogP contribution in [-0.2, 0) is 0 Å². The Morgan fingerprint density at radius 1 is 1.18 bits per heavy atom. The van der Waals surface area contributed by atoms with Crippen LogP contribution in [0.1, 0.15) is 35.7 Å². The summed E-state index contributed by atoms with van der Waals surface area (Å²) >= 11 is 5.92. The number of benzene rings is 1. The van der Waals surface area contributed by atoms with Gasteiger partial charge in [-0.05, 0) is 51.5 Å². The van der Waals surface area contributed by atoms with Gasteiger partial charge in [0.05, 0.1) is 0 Å². The third-order valence-corrected chi connectivity index (χ3v) is 3.18. The second-order valence-electron chi connectivity index (χ2n) is 5.40. The Bertz CT molecular complexity index is 701. The molecule has 0 aliphatic rings. The van der Waals surface area contributed by atoms with Gasteiger partial charge in [-0.15, -0.1) is 0 Å². The molecule has 0 bridgehead atoms. The lowest BCUT2D eigenvalue weighted by molar-refractivity contribution is 0.102. The largest absolute Gasteiger partial charge is 0.368 e. The van der Waals surface area contributed by atoms with Gasteiger partial charge in [-0.2, -0.15) is 0 Å². The highest BCUT2D eigenvalue weighted by molar-refractivity contribution is 6.30. The molecule has 1 aromatic carbocycles. The third kappa shape index (κ3) is 4.18. The highest BCUT2D eigenvalue weighted by Gasteiger charge is 2.12. The smallest absolute Gasteiger partial charge is 0.274 e. The van der Waals surface area contributed by atoms with E-state index in [1.165, 1.54) is 0 Å². The summed E-state index contributed by atoms with van der Waals surface area (Å²) in [6.07, 6.45) is 0. The van der Waals surface area contributed by atoms with E-state index in [-0.39, 0.29) is 11.9 Å². The summed E-state index contributed by atoms with van der Waals surface area (Å²) in [5.74, 6) is 0.909. The van der Waals surface area contributed by atoms with Gasteiger partial charge in [-0.3, -0.25) is 4.79 Å². The van der Waals surface area contributed by atoms with Crippen molar-refractivity contribution in [2.24, 2.45) is 0 Å². The van der Waals surface area contributed by atoms with Gasteiger partial charge in [0, 0.05) is 22.8 Å². The lowest BCUT2D eigenvalue weighted by Gasteiger charge is -2.12. The van der Waals surface area contributed by atoms with Crippen molar-refractivity contribution >= 4 is 29.0 Å². The van der Waals surface area contributed by atoms with E-state index in [1.54, 1.807) is 31.2 Å². The number of rotatable bonds is 4. The molecule has 6 heteroatoms. The van der Waals surface area contributed by atoms with Crippen LogP contribution in [0.3, 0.4) is 0 Å². The van der Waals surface area contributed by atoms with Crippen LogP contribution in [0.4, 0.5) is 11.5 Å². The van der Waals surface area contributed by atoms with Gasteiger partial charge in [0.25, 0.3) is 5.91 Å².